The average molecular weight is 311 g/mol. The number of anilines is 3. The Hall–Kier alpha value is -2.15. The highest BCUT2D eigenvalue weighted by molar-refractivity contribution is 5.54. The van der Waals surface area contributed by atoms with Crippen LogP contribution in [-0.4, -0.2) is 46.3 Å². The highest BCUT2D eigenvalue weighted by Gasteiger charge is 2.37. The minimum absolute atomic E-state index is 0.677. The molecule has 0 spiro atoms. The summed E-state index contributed by atoms with van der Waals surface area (Å²) in [5.41, 5.74) is 1.22. The molecule has 3 fully saturated rings. The molecule has 7 nitrogen and oxygen atoms in total. The largest absolute Gasteiger partial charge is 0.340 e. The highest BCUT2D eigenvalue weighted by Crippen LogP contribution is 2.39. The molecule has 2 aromatic rings. The lowest BCUT2D eigenvalue weighted by Crippen LogP contribution is -2.27. The van der Waals surface area contributed by atoms with Crippen molar-refractivity contribution in [2.75, 3.05) is 36.4 Å². The number of H-pyrrole nitrogens is 1. The summed E-state index contributed by atoms with van der Waals surface area (Å²) in [5.74, 6) is 4.61. The molecule has 3 aliphatic rings. The Bertz CT molecular complexity index is 696. The van der Waals surface area contributed by atoms with Gasteiger partial charge in [0.15, 0.2) is 5.82 Å². The number of hydrogen-bond donors (Lipinski definition) is 3. The van der Waals surface area contributed by atoms with Crippen molar-refractivity contribution < 1.29 is 0 Å². The lowest BCUT2D eigenvalue weighted by Gasteiger charge is -2.17. The Morgan fingerprint density at radius 2 is 1.96 bits per heavy atom. The SMILES string of the molecule is c1cc(Nc2cc(C3CC3)[nH]n2)nc(N2CC3CNC[C@@H]3C2)n1. The van der Waals surface area contributed by atoms with Crippen LogP contribution in [0.4, 0.5) is 17.6 Å². The molecule has 2 saturated heterocycles. The first-order valence-corrected chi connectivity index (χ1v) is 8.46. The van der Waals surface area contributed by atoms with Crippen molar-refractivity contribution in [3.63, 3.8) is 0 Å². The van der Waals surface area contributed by atoms with Crippen molar-refractivity contribution in [3.05, 3.63) is 24.0 Å². The summed E-state index contributed by atoms with van der Waals surface area (Å²) < 4.78 is 0. The maximum atomic E-state index is 4.68. The average Bonchev–Trinajstić information content (AvgIpc) is 2.95. The van der Waals surface area contributed by atoms with Crippen molar-refractivity contribution in [3.8, 4) is 0 Å². The Labute approximate surface area is 134 Å². The van der Waals surface area contributed by atoms with Gasteiger partial charge in [-0.05, 0) is 30.7 Å². The molecule has 0 amide bonds. The van der Waals surface area contributed by atoms with Crippen LogP contribution in [0.2, 0.25) is 0 Å². The van der Waals surface area contributed by atoms with Gasteiger partial charge in [-0.15, -0.1) is 0 Å². The number of nitrogens with zero attached hydrogens (tertiary/aromatic N) is 4. The minimum atomic E-state index is 0.677. The molecular formula is C16H21N7. The van der Waals surface area contributed by atoms with Crippen molar-refractivity contribution in [1.29, 1.82) is 0 Å². The van der Waals surface area contributed by atoms with Gasteiger partial charge in [-0.25, -0.2) is 4.98 Å². The van der Waals surface area contributed by atoms with Crippen LogP contribution in [0, 0.1) is 11.8 Å². The van der Waals surface area contributed by atoms with Crippen LogP contribution in [0.1, 0.15) is 24.5 Å². The van der Waals surface area contributed by atoms with E-state index < -0.39 is 0 Å². The molecule has 1 aliphatic carbocycles. The van der Waals surface area contributed by atoms with Gasteiger partial charge in [-0.3, -0.25) is 5.10 Å². The van der Waals surface area contributed by atoms with Crippen LogP contribution in [0.5, 0.6) is 0 Å². The van der Waals surface area contributed by atoms with Crippen molar-refractivity contribution >= 4 is 17.6 Å². The summed E-state index contributed by atoms with van der Waals surface area (Å²) in [7, 11) is 0. The fourth-order valence-electron chi connectivity index (χ4n) is 3.72. The smallest absolute Gasteiger partial charge is 0.227 e. The summed E-state index contributed by atoms with van der Waals surface area (Å²) in [4.78, 5) is 11.4. The standard InChI is InChI=1S/C16H21N7/c1-2-10(1)13-5-15(22-21-13)19-14-3-4-18-16(20-14)23-8-11-6-17-7-12(11)9-23/h3-5,10-12,17H,1-2,6-9H2,(H2,18,19,20,21,22)/t11-,12?/m1/s1. The van der Waals surface area contributed by atoms with E-state index in [-0.39, 0.29) is 0 Å². The number of aromatic nitrogens is 4. The van der Waals surface area contributed by atoms with Crippen LogP contribution >= 0.6 is 0 Å². The molecule has 2 aliphatic heterocycles. The van der Waals surface area contributed by atoms with Crippen molar-refractivity contribution in [1.82, 2.24) is 25.5 Å². The number of aromatic amines is 1. The lowest BCUT2D eigenvalue weighted by molar-refractivity contribution is 0.533. The second-order valence-electron chi connectivity index (χ2n) is 6.93. The van der Waals surface area contributed by atoms with Crippen LogP contribution in [0.25, 0.3) is 0 Å². The fraction of sp³-hybridized carbons (Fsp3) is 0.562. The lowest BCUT2D eigenvalue weighted by atomic mass is 10.0. The van der Waals surface area contributed by atoms with E-state index in [1.807, 2.05) is 12.3 Å². The summed E-state index contributed by atoms with van der Waals surface area (Å²) in [6.07, 6.45) is 4.36. The molecule has 4 heterocycles. The predicted molar refractivity (Wildman–Crippen MR) is 87.9 cm³/mol. The highest BCUT2D eigenvalue weighted by atomic mass is 15.3. The van der Waals surface area contributed by atoms with Gasteiger partial charge in [0, 0.05) is 50.1 Å². The summed E-state index contributed by atoms with van der Waals surface area (Å²) in [5, 5.41) is 14.2. The topological polar surface area (TPSA) is 81.8 Å². The van der Waals surface area contributed by atoms with Crippen LogP contribution in [0.3, 0.4) is 0 Å². The molecular weight excluding hydrogens is 290 g/mol. The molecule has 23 heavy (non-hydrogen) atoms. The monoisotopic (exact) mass is 311 g/mol. The third kappa shape index (κ3) is 2.55. The van der Waals surface area contributed by atoms with Gasteiger partial charge in [0.05, 0.1) is 0 Å². The first kappa shape index (κ1) is 13.3. The Morgan fingerprint density at radius 1 is 1.13 bits per heavy atom. The maximum Gasteiger partial charge on any atom is 0.227 e. The zero-order valence-electron chi connectivity index (χ0n) is 13.0. The van der Waals surface area contributed by atoms with E-state index in [0.29, 0.717) is 5.92 Å². The van der Waals surface area contributed by atoms with Gasteiger partial charge in [0.25, 0.3) is 0 Å². The van der Waals surface area contributed by atoms with E-state index in [2.05, 4.69) is 41.8 Å². The molecule has 0 bridgehead atoms. The van der Waals surface area contributed by atoms with E-state index in [4.69, 9.17) is 0 Å². The van der Waals surface area contributed by atoms with Gasteiger partial charge in [-0.2, -0.15) is 10.1 Å². The van der Waals surface area contributed by atoms with E-state index in [1.165, 1.54) is 18.5 Å². The third-order valence-electron chi connectivity index (χ3n) is 5.19. The van der Waals surface area contributed by atoms with E-state index in [0.717, 1.165) is 55.6 Å². The molecule has 7 heteroatoms. The molecule has 1 saturated carbocycles. The van der Waals surface area contributed by atoms with Gasteiger partial charge < -0.3 is 15.5 Å². The molecule has 1 unspecified atom stereocenters. The van der Waals surface area contributed by atoms with E-state index in [1.54, 1.807) is 0 Å². The van der Waals surface area contributed by atoms with Crippen LogP contribution in [0.15, 0.2) is 18.3 Å². The Kier molecular flexibility index (Phi) is 3.00. The van der Waals surface area contributed by atoms with Gasteiger partial charge in [0.1, 0.15) is 5.82 Å². The summed E-state index contributed by atoms with van der Waals surface area (Å²) in [6, 6.07) is 3.98. The zero-order chi connectivity index (χ0) is 15.2. The number of fused-ring (bicyclic) bond motifs is 1. The van der Waals surface area contributed by atoms with Crippen LogP contribution < -0.4 is 15.5 Å². The van der Waals surface area contributed by atoms with Gasteiger partial charge in [-0.1, -0.05) is 0 Å². The molecule has 0 radical (unpaired) electrons. The molecule has 2 atom stereocenters. The summed E-state index contributed by atoms with van der Waals surface area (Å²) in [6.45, 7) is 4.34. The van der Waals surface area contributed by atoms with E-state index >= 15 is 0 Å². The maximum absolute atomic E-state index is 4.68. The Morgan fingerprint density at radius 3 is 2.74 bits per heavy atom. The molecule has 120 valence electrons. The molecule has 2 aromatic heterocycles. The van der Waals surface area contributed by atoms with Crippen molar-refractivity contribution in [2.45, 2.75) is 18.8 Å². The second-order valence-corrected chi connectivity index (χ2v) is 6.93. The predicted octanol–water partition coefficient (Wildman–Crippen LogP) is 1.48. The van der Waals surface area contributed by atoms with Gasteiger partial charge in [0.2, 0.25) is 5.95 Å². The quantitative estimate of drug-likeness (QED) is 0.793. The number of nitrogens with one attached hydrogen (secondary N) is 3. The molecule has 3 N–H and O–H groups in total. The summed E-state index contributed by atoms with van der Waals surface area (Å²) >= 11 is 0. The second kappa shape index (κ2) is 5.19. The van der Waals surface area contributed by atoms with E-state index in [9.17, 15) is 0 Å². The Balaban J connectivity index is 1.31. The van der Waals surface area contributed by atoms with Crippen LogP contribution in [-0.2, 0) is 0 Å². The number of hydrogen-bond acceptors (Lipinski definition) is 6. The number of rotatable bonds is 4. The normalized spacial score (nSPS) is 26.5. The van der Waals surface area contributed by atoms with Gasteiger partial charge >= 0.3 is 0 Å². The zero-order valence-corrected chi connectivity index (χ0v) is 13.0. The fourth-order valence-corrected chi connectivity index (χ4v) is 3.72. The molecule has 0 aromatic carbocycles. The minimum Gasteiger partial charge on any atom is -0.340 e. The third-order valence-corrected chi connectivity index (χ3v) is 5.19. The first-order chi connectivity index (χ1) is 11.3. The first-order valence-electron chi connectivity index (χ1n) is 8.46. The molecule has 5 rings (SSSR count). The van der Waals surface area contributed by atoms with Crippen molar-refractivity contribution in [2.24, 2.45) is 11.8 Å².